The smallest absolute Gasteiger partial charge is 0.316 e. The van der Waals surface area contributed by atoms with Crippen molar-refractivity contribution in [2.24, 2.45) is 5.92 Å². The summed E-state index contributed by atoms with van der Waals surface area (Å²) < 4.78 is 11.7. The summed E-state index contributed by atoms with van der Waals surface area (Å²) in [6, 6.07) is 14.8. The summed E-state index contributed by atoms with van der Waals surface area (Å²) in [7, 11) is 0. The number of aromatic nitrogens is 3. The van der Waals surface area contributed by atoms with Gasteiger partial charge in [-0.1, -0.05) is 18.2 Å². The Morgan fingerprint density at radius 2 is 1.79 bits per heavy atom. The van der Waals surface area contributed by atoms with Crippen molar-refractivity contribution in [3.8, 4) is 17.1 Å². The number of fused-ring (bicyclic) bond motifs is 1. The summed E-state index contributed by atoms with van der Waals surface area (Å²) in [6.07, 6.45) is 9.29. The predicted octanol–water partition coefficient (Wildman–Crippen LogP) is 5.86. The first-order valence-electron chi connectivity index (χ1n) is 11.3. The minimum absolute atomic E-state index is 0.125. The van der Waals surface area contributed by atoms with Crippen LogP contribution < -0.4 is 10.1 Å². The monoisotopic (exact) mass is 442 g/mol. The van der Waals surface area contributed by atoms with Crippen molar-refractivity contribution in [2.45, 2.75) is 45.1 Å². The van der Waals surface area contributed by atoms with Crippen LogP contribution in [0.15, 0.2) is 59.3 Å². The number of carbonyl (C=O) groups is 1. The second-order valence-corrected chi connectivity index (χ2v) is 8.61. The molecule has 0 spiro atoms. The predicted molar refractivity (Wildman–Crippen MR) is 127 cm³/mol. The molecule has 0 radical (unpaired) electrons. The molecule has 1 aliphatic rings. The zero-order valence-electron chi connectivity index (χ0n) is 18.5. The van der Waals surface area contributed by atoms with Crippen molar-refractivity contribution in [2.75, 3.05) is 5.32 Å². The van der Waals surface area contributed by atoms with E-state index in [9.17, 15) is 4.79 Å². The Hall–Kier alpha value is -3.74. The molecule has 0 aliphatic heterocycles. The molecule has 5 rings (SSSR count). The van der Waals surface area contributed by atoms with Crippen molar-refractivity contribution in [3.05, 3.63) is 60.4 Å². The number of ether oxygens (including phenoxy) is 1. The van der Waals surface area contributed by atoms with E-state index in [2.05, 4.69) is 20.3 Å². The Bertz CT molecular complexity index is 1230. The van der Waals surface area contributed by atoms with Crippen molar-refractivity contribution in [1.29, 1.82) is 0 Å². The van der Waals surface area contributed by atoms with E-state index in [-0.39, 0.29) is 6.10 Å². The van der Waals surface area contributed by atoms with E-state index in [1.807, 2.05) is 49.4 Å². The van der Waals surface area contributed by atoms with Crippen LogP contribution in [0.1, 0.15) is 37.7 Å². The lowest BCUT2D eigenvalue weighted by Gasteiger charge is -2.27. The zero-order chi connectivity index (χ0) is 22.6. The molecule has 7 nitrogen and oxygen atoms in total. The van der Waals surface area contributed by atoms with Gasteiger partial charge in [-0.05, 0) is 73.9 Å². The number of hydrogen-bond acceptors (Lipinski definition) is 7. The first kappa shape index (κ1) is 21.1. The number of oxazole rings is 1. The quantitative estimate of drug-likeness (QED) is 0.358. The summed E-state index contributed by atoms with van der Waals surface area (Å²) in [6.45, 7) is 2.03. The third kappa shape index (κ3) is 5.03. The van der Waals surface area contributed by atoms with Gasteiger partial charge in [0.2, 0.25) is 0 Å². The maximum Gasteiger partial charge on any atom is 0.316 e. The van der Waals surface area contributed by atoms with Crippen LogP contribution in [0.4, 0.5) is 11.7 Å². The third-order valence-corrected chi connectivity index (χ3v) is 6.14. The van der Waals surface area contributed by atoms with E-state index in [1.165, 1.54) is 0 Å². The highest BCUT2D eigenvalue weighted by molar-refractivity contribution is 5.76. The van der Waals surface area contributed by atoms with Gasteiger partial charge < -0.3 is 19.3 Å². The van der Waals surface area contributed by atoms with E-state index >= 15 is 0 Å². The number of benzene rings is 2. The topological polar surface area (TPSA) is 90.1 Å². The lowest BCUT2D eigenvalue weighted by Crippen LogP contribution is -2.25. The van der Waals surface area contributed by atoms with Gasteiger partial charge in [0.15, 0.2) is 5.58 Å². The van der Waals surface area contributed by atoms with E-state index in [0.717, 1.165) is 65.4 Å². The minimum Gasteiger partial charge on any atom is -0.460 e. The number of nitrogens with one attached hydrogen (secondary N) is 1. The molecular formula is C26H26N4O3. The van der Waals surface area contributed by atoms with Crippen molar-refractivity contribution < 1.29 is 13.9 Å². The Balaban J connectivity index is 1.19. The van der Waals surface area contributed by atoms with Crippen LogP contribution in [0.25, 0.3) is 22.2 Å². The van der Waals surface area contributed by atoms with Crippen molar-refractivity contribution >= 4 is 29.1 Å². The summed E-state index contributed by atoms with van der Waals surface area (Å²) >= 11 is 0. The first-order chi connectivity index (χ1) is 16.2. The first-order valence-corrected chi connectivity index (χ1v) is 11.3. The lowest BCUT2D eigenvalue weighted by molar-refractivity contribution is -0.109. The van der Waals surface area contributed by atoms with Crippen molar-refractivity contribution in [3.63, 3.8) is 0 Å². The Labute approximate surface area is 192 Å². The Kier molecular flexibility index (Phi) is 6.02. The second-order valence-electron chi connectivity index (χ2n) is 8.61. The highest BCUT2D eigenvalue weighted by Crippen LogP contribution is 2.29. The minimum atomic E-state index is 0.125. The summed E-state index contributed by atoms with van der Waals surface area (Å²) in [5.74, 6) is 0.495. The highest BCUT2D eigenvalue weighted by atomic mass is 16.5. The van der Waals surface area contributed by atoms with Gasteiger partial charge in [0.05, 0.1) is 0 Å². The maximum absolute atomic E-state index is 10.7. The van der Waals surface area contributed by atoms with E-state index in [4.69, 9.17) is 9.15 Å². The fourth-order valence-electron chi connectivity index (χ4n) is 4.25. The van der Waals surface area contributed by atoms with Gasteiger partial charge in [-0.15, -0.1) is 0 Å². The van der Waals surface area contributed by atoms with E-state index in [0.29, 0.717) is 24.4 Å². The zero-order valence-corrected chi connectivity index (χ0v) is 18.5. The molecule has 1 N–H and O–H groups in total. The number of hydrogen-bond donors (Lipinski definition) is 1. The molecule has 1 fully saturated rings. The number of nitrogens with zero attached hydrogens (tertiary/aromatic N) is 3. The molecule has 2 aromatic heterocycles. The maximum atomic E-state index is 10.7. The standard InChI is InChI=1S/C26H26N4O3/c1-17-2-11-23-24(14-17)33-26(30-23)29-21-7-5-19(6-8-21)20-15-27-25(28-16-20)32-22-9-3-18(4-10-22)12-13-31/h2,5-8,11,13-16,18,22H,3-4,9-10,12H2,1H3,(H,29,30). The summed E-state index contributed by atoms with van der Waals surface area (Å²) in [4.78, 5) is 23.9. The van der Waals surface area contributed by atoms with Gasteiger partial charge in [0, 0.05) is 30.1 Å². The van der Waals surface area contributed by atoms with E-state index < -0.39 is 0 Å². The molecule has 0 amide bonds. The van der Waals surface area contributed by atoms with Crippen LogP contribution >= 0.6 is 0 Å². The summed E-state index contributed by atoms with van der Waals surface area (Å²) in [5, 5.41) is 3.21. The molecule has 0 bridgehead atoms. The van der Waals surface area contributed by atoms with Gasteiger partial charge >= 0.3 is 6.01 Å². The lowest BCUT2D eigenvalue weighted by atomic mass is 9.86. The van der Waals surface area contributed by atoms with Crippen molar-refractivity contribution in [1.82, 2.24) is 15.0 Å². The van der Waals surface area contributed by atoms with Crippen LogP contribution in [0.2, 0.25) is 0 Å². The van der Waals surface area contributed by atoms with Gasteiger partial charge in [-0.3, -0.25) is 0 Å². The molecule has 4 aromatic rings. The molecule has 1 aliphatic carbocycles. The average Bonchev–Trinajstić information content (AvgIpc) is 3.23. The van der Waals surface area contributed by atoms with Gasteiger partial charge in [-0.25, -0.2) is 9.97 Å². The number of aldehydes is 1. The summed E-state index contributed by atoms with van der Waals surface area (Å²) in [5.41, 5.74) is 5.54. The molecule has 7 heteroatoms. The fraction of sp³-hybridized carbons (Fsp3) is 0.308. The van der Waals surface area contributed by atoms with Gasteiger partial charge in [0.25, 0.3) is 6.01 Å². The number of carbonyl (C=O) groups excluding carboxylic acids is 1. The number of rotatable bonds is 7. The second kappa shape index (κ2) is 9.40. The Morgan fingerprint density at radius 3 is 2.52 bits per heavy atom. The molecule has 0 atom stereocenters. The molecule has 168 valence electrons. The molecule has 2 aromatic carbocycles. The molecule has 0 saturated heterocycles. The van der Waals surface area contributed by atoms with Crippen LogP contribution in [0, 0.1) is 12.8 Å². The van der Waals surface area contributed by atoms with Gasteiger partial charge in [0.1, 0.15) is 17.9 Å². The largest absolute Gasteiger partial charge is 0.460 e. The highest BCUT2D eigenvalue weighted by Gasteiger charge is 2.22. The molecule has 0 unspecified atom stereocenters. The fourth-order valence-corrected chi connectivity index (χ4v) is 4.25. The van der Waals surface area contributed by atoms with Crippen LogP contribution in [0.3, 0.4) is 0 Å². The molecule has 1 saturated carbocycles. The van der Waals surface area contributed by atoms with Crippen LogP contribution in [0.5, 0.6) is 6.01 Å². The average molecular weight is 443 g/mol. The van der Waals surface area contributed by atoms with Crippen LogP contribution in [-0.4, -0.2) is 27.3 Å². The van der Waals surface area contributed by atoms with E-state index in [1.54, 1.807) is 12.4 Å². The SMILES string of the molecule is Cc1ccc2nc(Nc3ccc(-c4cnc(OC5CCC(CC=O)CC5)nc4)cc3)oc2c1. The normalized spacial score (nSPS) is 18.2. The van der Waals surface area contributed by atoms with Gasteiger partial charge in [-0.2, -0.15) is 4.98 Å². The van der Waals surface area contributed by atoms with Crippen LogP contribution in [-0.2, 0) is 4.79 Å². The molecule has 33 heavy (non-hydrogen) atoms. The number of anilines is 2. The molecular weight excluding hydrogens is 416 g/mol. The third-order valence-electron chi connectivity index (χ3n) is 6.14. The molecule has 2 heterocycles. The number of aryl methyl sites for hydroxylation is 1. The Morgan fingerprint density at radius 1 is 1.03 bits per heavy atom.